The van der Waals surface area contributed by atoms with Crippen molar-refractivity contribution in [3.8, 4) is 0 Å². The van der Waals surface area contributed by atoms with Gasteiger partial charge >= 0.3 is 0 Å². The number of hydrogen-bond acceptors (Lipinski definition) is 1. The molecule has 1 nitrogen and oxygen atoms in total. The highest BCUT2D eigenvalue weighted by Crippen LogP contribution is 2.20. The molecule has 1 rings (SSSR count). The minimum absolute atomic E-state index is 0.906. The average Bonchev–Trinajstić information content (AvgIpc) is 1.80. The van der Waals surface area contributed by atoms with Crippen molar-refractivity contribution in [3.63, 3.8) is 0 Å². The van der Waals surface area contributed by atoms with Gasteiger partial charge in [0.1, 0.15) is 0 Å². The Morgan fingerprint density at radius 2 is 1.89 bits per heavy atom. The number of rotatable bonds is 0. The Kier molecular flexibility index (Phi) is 2.12. The highest BCUT2D eigenvalue weighted by Gasteiger charge is 2.19. The van der Waals surface area contributed by atoms with Gasteiger partial charge in [-0.2, -0.15) is 0 Å². The lowest BCUT2D eigenvalue weighted by atomic mass is 9.89. The first-order chi connectivity index (χ1) is 4.20. The van der Waals surface area contributed by atoms with Crippen LogP contribution in [0.4, 0.5) is 0 Å². The van der Waals surface area contributed by atoms with Gasteiger partial charge in [-0.1, -0.05) is 13.8 Å². The summed E-state index contributed by atoms with van der Waals surface area (Å²) in [4.78, 5) is 2.42. The molecule has 1 heteroatoms. The number of nitrogens with zero attached hydrogens (tertiary/aromatic N) is 1. The van der Waals surface area contributed by atoms with Crippen molar-refractivity contribution < 1.29 is 0 Å². The molecule has 2 atom stereocenters. The molecular weight excluding hydrogens is 110 g/mol. The summed E-state index contributed by atoms with van der Waals surface area (Å²) < 4.78 is 0. The van der Waals surface area contributed by atoms with E-state index in [0.717, 1.165) is 11.8 Å². The van der Waals surface area contributed by atoms with Crippen molar-refractivity contribution in [2.45, 2.75) is 20.3 Å². The third-order valence-electron chi connectivity index (χ3n) is 2.54. The third kappa shape index (κ3) is 1.68. The van der Waals surface area contributed by atoms with Crippen molar-refractivity contribution in [1.29, 1.82) is 0 Å². The van der Waals surface area contributed by atoms with Crippen LogP contribution in [0.5, 0.6) is 0 Å². The van der Waals surface area contributed by atoms with E-state index in [1.54, 1.807) is 0 Å². The average molecular weight is 127 g/mol. The molecule has 0 aliphatic carbocycles. The van der Waals surface area contributed by atoms with E-state index in [1.807, 2.05) is 0 Å². The molecule has 1 saturated heterocycles. The Bertz CT molecular complexity index is 90.6. The summed E-state index contributed by atoms with van der Waals surface area (Å²) in [5, 5.41) is 0. The molecule has 1 heterocycles. The molecule has 1 aliphatic rings. The predicted octanol–water partition coefficient (Wildman–Crippen LogP) is 1.59. The van der Waals surface area contributed by atoms with Crippen molar-refractivity contribution in [3.05, 3.63) is 0 Å². The second-order valence-electron chi connectivity index (χ2n) is 3.51. The molecule has 1 fully saturated rings. The summed E-state index contributed by atoms with van der Waals surface area (Å²) in [7, 11) is 2.21. The lowest BCUT2D eigenvalue weighted by Gasteiger charge is -2.32. The monoisotopic (exact) mass is 127 g/mol. The largest absolute Gasteiger partial charge is 0.306 e. The first-order valence-electron chi connectivity index (χ1n) is 3.88. The Labute approximate surface area is 58.0 Å². The fraction of sp³-hybridized carbons (Fsp3) is 1.00. The van der Waals surface area contributed by atoms with Crippen LogP contribution in [-0.4, -0.2) is 25.0 Å². The maximum atomic E-state index is 2.42. The van der Waals surface area contributed by atoms with E-state index < -0.39 is 0 Å². The minimum atomic E-state index is 0.906. The summed E-state index contributed by atoms with van der Waals surface area (Å²) in [5.41, 5.74) is 0. The molecule has 0 aromatic heterocycles. The standard InChI is InChI=1S/C8H17N/c1-7-4-5-9(3)6-8(7)2/h7-8H,4-6H2,1-3H3/t7?,8-/m0/s1. The topological polar surface area (TPSA) is 3.24 Å². The Morgan fingerprint density at radius 1 is 1.22 bits per heavy atom. The zero-order valence-corrected chi connectivity index (χ0v) is 6.72. The van der Waals surface area contributed by atoms with Gasteiger partial charge in [0, 0.05) is 6.54 Å². The molecule has 0 spiro atoms. The maximum absolute atomic E-state index is 2.42. The molecule has 0 aromatic rings. The van der Waals surface area contributed by atoms with Gasteiger partial charge in [0.05, 0.1) is 0 Å². The van der Waals surface area contributed by atoms with Crippen LogP contribution in [0.3, 0.4) is 0 Å². The minimum Gasteiger partial charge on any atom is -0.306 e. The van der Waals surface area contributed by atoms with Crippen LogP contribution in [0.25, 0.3) is 0 Å². The summed E-state index contributed by atoms with van der Waals surface area (Å²) in [5.74, 6) is 1.85. The van der Waals surface area contributed by atoms with E-state index in [1.165, 1.54) is 19.5 Å². The van der Waals surface area contributed by atoms with E-state index >= 15 is 0 Å². The van der Waals surface area contributed by atoms with E-state index in [2.05, 4.69) is 25.8 Å². The number of hydrogen-bond donors (Lipinski definition) is 0. The molecule has 0 bridgehead atoms. The normalized spacial score (nSPS) is 39.0. The van der Waals surface area contributed by atoms with Gasteiger partial charge in [0.25, 0.3) is 0 Å². The van der Waals surface area contributed by atoms with Gasteiger partial charge in [0.2, 0.25) is 0 Å². The van der Waals surface area contributed by atoms with Crippen LogP contribution in [0.15, 0.2) is 0 Å². The van der Waals surface area contributed by atoms with Gasteiger partial charge in [-0.15, -0.1) is 0 Å². The van der Waals surface area contributed by atoms with Crippen molar-refractivity contribution >= 4 is 0 Å². The maximum Gasteiger partial charge on any atom is 0.000652 e. The van der Waals surface area contributed by atoms with Gasteiger partial charge in [-0.25, -0.2) is 0 Å². The van der Waals surface area contributed by atoms with E-state index in [-0.39, 0.29) is 0 Å². The van der Waals surface area contributed by atoms with Crippen molar-refractivity contribution in [1.82, 2.24) is 4.90 Å². The zero-order valence-electron chi connectivity index (χ0n) is 6.72. The zero-order chi connectivity index (χ0) is 6.85. The summed E-state index contributed by atoms with van der Waals surface area (Å²) >= 11 is 0. The Balaban J connectivity index is 2.35. The van der Waals surface area contributed by atoms with E-state index in [0.29, 0.717) is 0 Å². The molecule has 54 valence electrons. The van der Waals surface area contributed by atoms with Crippen LogP contribution < -0.4 is 0 Å². The quantitative estimate of drug-likeness (QED) is 0.477. The third-order valence-corrected chi connectivity index (χ3v) is 2.54. The van der Waals surface area contributed by atoms with Crippen molar-refractivity contribution in [2.24, 2.45) is 11.8 Å². The first kappa shape index (κ1) is 7.07. The van der Waals surface area contributed by atoms with Gasteiger partial charge in [-0.3, -0.25) is 0 Å². The number of piperidine rings is 1. The van der Waals surface area contributed by atoms with Crippen LogP contribution in [0.2, 0.25) is 0 Å². The number of likely N-dealkylation sites (tertiary alicyclic amines) is 1. The fourth-order valence-electron chi connectivity index (χ4n) is 1.47. The smallest absolute Gasteiger partial charge is 0.000652 e. The van der Waals surface area contributed by atoms with Crippen LogP contribution in [0.1, 0.15) is 20.3 Å². The van der Waals surface area contributed by atoms with Gasteiger partial charge < -0.3 is 4.90 Å². The second kappa shape index (κ2) is 2.70. The summed E-state index contributed by atoms with van der Waals surface area (Å²) in [6.45, 7) is 7.30. The van der Waals surface area contributed by atoms with E-state index in [9.17, 15) is 0 Å². The molecule has 0 radical (unpaired) electrons. The molecule has 0 saturated carbocycles. The van der Waals surface area contributed by atoms with Gasteiger partial charge in [0.15, 0.2) is 0 Å². The molecule has 0 aromatic carbocycles. The van der Waals surface area contributed by atoms with Gasteiger partial charge in [-0.05, 0) is 31.8 Å². The molecule has 0 amide bonds. The Morgan fingerprint density at radius 3 is 2.33 bits per heavy atom. The molecule has 0 N–H and O–H groups in total. The fourth-order valence-corrected chi connectivity index (χ4v) is 1.47. The second-order valence-corrected chi connectivity index (χ2v) is 3.51. The molecule has 1 aliphatic heterocycles. The summed E-state index contributed by atoms with van der Waals surface area (Å²) in [6, 6.07) is 0. The van der Waals surface area contributed by atoms with Crippen LogP contribution >= 0.6 is 0 Å². The molecule has 9 heavy (non-hydrogen) atoms. The highest BCUT2D eigenvalue weighted by atomic mass is 15.1. The summed E-state index contributed by atoms with van der Waals surface area (Å²) in [6.07, 6.45) is 1.39. The lowest BCUT2D eigenvalue weighted by Crippen LogP contribution is -2.35. The Hall–Kier alpha value is -0.0400. The lowest BCUT2D eigenvalue weighted by molar-refractivity contribution is 0.166. The SMILES string of the molecule is CC1CCN(C)C[C@@H]1C. The van der Waals surface area contributed by atoms with Crippen LogP contribution in [-0.2, 0) is 0 Å². The molecular formula is C8H17N. The first-order valence-corrected chi connectivity index (χ1v) is 3.88. The highest BCUT2D eigenvalue weighted by molar-refractivity contribution is 4.72. The van der Waals surface area contributed by atoms with E-state index in [4.69, 9.17) is 0 Å². The van der Waals surface area contributed by atoms with Crippen molar-refractivity contribution in [2.75, 3.05) is 20.1 Å². The predicted molar refractivity (Wildman–Crippen MR) is 40.4 cm³/mol. The molecule has 1 unspecified atom stereocenters. The van der Waals surface area contributed by atoms with Crippen LogP contribution in [0, 0.1) is 11.8 Å².